The average molecular weight is 332 g/mol. The number of hydrogen-bond acceptors (Lipinski definition) is 2. The lowest BCUT2D eigenvalue weighted by molar-refractivity contribution is 0.865. The Labute approximate surface area is 126 Å². The summed E-state index contributed by atoms with van der Waals surface area (Å²) < 4.78 is 0.962. The van der Waals surface area contributed by atoms with Gasteiger partial charge >= 0.3 is 0 Å². The maximum absolute atomic E-state index is 8.85. The number of nitriles is 1. The van der Waals surface area contributed by atoms with E-state index in [0.29, 0.717) is 11.5 Å². The second kappa shape index (κ2) is 6.27. The first-order valence-corrected chi connectivity index (χ1v) is 7.68. The van der Waals surface area contributed by atoms with Gasteiger partial charge in [0.15, 0.2) is 0 Å². The molecule has 0 aliphatic heterocycles. The van der Waals surface area contributed by atoms with Crippen molar-refractivity contribution >= 4 is 27.7 Å². The minimum atomic E-state index is 0.556. The van der Waals surface area contributed by atoms with E-state index in [9.17, 15) is 0 Å². The fraction of sp³-hybridized carbons (Fsp3) is 0.188. The van der Waals surface area contributed by atoms with Crippen LogP contribution in [0.1, 0.15) is 30.9 Å². The van der Waals surface area contributed by atoms with Crippen LogP contribution in [0.2, 0.25) is 0 Å². The van der Waals surface area contributed by atoms with E-state index in [4.69, 9.17) is 5.26 Å². The van der Waals surface area contributed by atoms with Crippen LogP contribution in [0.5, 0.6) is 0 Å². The largest absolute Gasteiger partial charge is 0.192 e. The third-order valence-corrected chi connectivity index (χ3v) is 4.84. The van der Waals surface area contributed by atoms with Crippen LogP contribution in [0.25, 0.3) is 0 Å². The minimum absolute atomic E-state index is 0.556. The van der Waals surface area contributed by atoms with Gasteiger partial charge in [0, 0.05) is 14.3 Å². The standard InChI is InChI=1S/C16H14BrNS/c1-11(2)13-4-6-14(7-5-13)19-16-8-3-12(10-18)9-15(16)17/h3-9,11H,1-2H3. The summed E-state index contributed by atoms with van der Waals surface area (Å²) >= 11 is 5.21. The summed E-state index contributed by atoms with van der Waals surface area (Å²) in [7, 11) is 0. The highest BCUT2D eigenvalue weighted by Crippen LogP contribution is 2.34. The van der Waals surface area contributed by atoms with Gasteiger partial charge in [-0.2, -0.15) is 5.26 Å². The molecule has 2 rings (SSSR count). The summed E-state index contributed by atoms with van der Waals surface area (Å²) in [5.41, 5.74) is 2.02. The van der Waals surface area contributed by atoms with Crippen molar-refractivity contribution in [2.24, 2.45) is 0 Å². The SMILES string of the molecule is CC(C)c1ccc(Sc2ccc(C#N)cc2Br)cc1. The van der Waals surface area contributed by atoms with Crippen LogP contribution in [-0.4, -0.2) is 0 Å². The molecule has 2 aromatic rings. The molecule has 0 bridgehead atoms. The average Bonchev–Trinajstić information content (AvgIpc) is 2.41. The van der Waals surface area contributed by atoms with Crippen molar-refractivity contribution in [1.29, 1.82) is 5.26 Å². The zero-order valence-electron chi connectivity index (χ0n) is 10.9. The summed E-state index contributed by atoms with van der Waals surface area (Å²) in [6, 6.07) is 16.4. The van der Waals surface area contributed by atoms with Gasteiger partial charge < -0.3 is 0 Å². The molecule has 0 spiro atoms. The Bertz CT molecular complexity index is 612. The normalized spacial score (nSPS) is 10.5. The topological polar surface area (TPSA) is 23.8 Å². The molecule has 0 unspecified atom stereocenters. The van der Waals surface area contributed by atoms with Gasteiger partial charge in [-0.1, -0.05) is 37.7 Å². The zero-order valence-corrected chi connectivity index (χ0v) is 13.3. The molecule has 0 saturated heterocycles. The Morgan fingerprint density at radius 3 is 2.32 bits per heavy atom. The highest BCUT2D eigenvalue weighted by molar-refractivity contribution is 9.10. The monoisotopic (exact) mass is 331 g/mol. The van der Waals surface area contributed by atoms with Gasteiger partial charge in [-0.25, -0.2) is 0 Å². The molecule has 0 aromatic heterocycles. The van der Waals surface area contributed by atoms with E-state index >= 15 is 0 Å². The van der Waals surface area contributed by atoms with Crippen molar-refractivity contribution in [2.45, 2.75) is 29.6 Å². The number of benzene rings is 2. The van der Waals surface area contributed by atoms with Crippen LogP contribution in [0.15, 0.2) is 56.7 Å². The summed E-state index contributed by atoms with van der Waals surface area (Å²) in [6.07, 6.45) is 0. The van der Waals surface area contributed by atoms with Crippen molar-refractivity contribution in [3.8, 4) is 6.07 Å². The van der Waals surface area contributed by atoms with E-state index in [-0.39, 0.29) is 0 Å². The molecule has 0 saturated carbocycles. The second-order valence-corrected chi connectivity index (χ2v) is 6.55. The van der Waals surface area contributed by atoms with Crippen molar-refractivity contribution in [3.05, 3.63) is 58.1 Å². The fourth-order valence-corrected chi connectivity index (χ4v) is 3.14. The van der Waals surface area contributed by atoms with Gasteiger partial charge in [-0.05, 0) is 57.7 Å². The molecule has 0 atom stereocenters. The van der Waals surface area contributed by atoms with Gasteiger partial charge in [0.1, 0.15) is 0 Å². The molecule has 0 fully saturated rings. The van der Waals surface area contributed by atoms with Gasteiger partial charge in [-0.15, -0.1) is 0 Å². The van der Waals surface area contributed by atoms with Crippen molar-refractivity contribution < 1.29 is 0 Å². The van der Waals surface area contributed by atoms with Crippen LogP contribution < -0.4 is 0 Å². The number of hydrogen-bond donors (Lipinski definition) is 0. The highest BCUT2D eigenvalue weighted by atomic mass is 79.9. The Morgan fingerprint density at radius 1 is 1.11 bits per heavy atom. The van der Waals surface area contributed by atoms with E-state index in [1.54, 1.807) is 11.8 Å². The summed E-state index contributed by atoms with van der Waals surface area (Å²) in [5, 5.41) is 8.85. The molecule has 0 aliphatic rings. The van der Waals surface area contributed by atoms with Crippen molar-refractivity contribution in [1.82, 2.24) is 0 Å². The lowest BCUT2D eigenvalue weighted by Gasteiger charge is -2.08. The Balaban J connectivity index is 2.19. The van der Waals surface area contributed by atoms with Gasteiger partial charge in [0.05, 0.1) is 11.6 Å². The molecule has 2 aromatic carbocycles. The van der Waals surface area contributed by atoms with Crippen LogP contribution in [0.4, 0.5) is 0 Å². The van der Waals surface area contributed by atoms with Gasteiger partial charge in [-0.3, -0.25) is 0 Å². The van der Waals surface area contributed by atoms with E-state index in [2.05, 4.69) is 60.1 Å². The van der Waals surface area contributed by atoms with Crippen LogP contribution in [0.3, 0.4) is 0 Å². The highest BCUT2D eigenvalue weighted by Gasteiger charge is 2.05. The van der Waals surface area contributed by atoms with E-state index in [1.807, 2.05) is 18.2 Å². The summed E-state index contributed by atoms with van der Waals surface area (Å²) in [4.78, 5) is 2.33. The number of halogens is 1. The Hall–Kier alpha value is -1.24. The quantitative estimate of drug-likeness (QED) is 0.731. The smallest absolute Gasteiger partial charge is 0.0992 e. The first-order valence-electron chi connectivity index (χ1n) is 6.07. The maximum Gasteiger partial charge on any atom is 0.0992 e. The van der Waals surface area contributed by atoms with Crippen LogP contribution in [-0.2, 0) is 0 Å². The maximum atomic E-state index is 8.85. The third-order valence-electron chi connectivity index (χ3n) is 2.84. The van der Waals surface area contributed by atoms with Gasteiger partial charge in [0.2, 0.25) is 0 Å². The van der Waals surface area contributed by atoms with Crippen molar-refractivity contribution in [3.63, 3.8) is 0 Å². The molecule has 0 radical (unpaired) electrons. The van der Waals surface area contributed by atoms with Crippen LogP contribution >= 0.6 is 27.7 Å². The Morgan fingerprint density at radius 2 is 1.79 bits per heavy atom. The third kappa shape index (κ3) is 3.62. The number of rotatable bonds is 3. The molecule has 19 heavy (non-hydrogen) atoms. The van der Waals surface area contributed by atoms with Crippen molar-refractivity contribution in [2.75, 3.05) is 0 Å². The first kappa shape index (κ1) is 14.2. The molecule has 1 nitrogen and oxygen atoms in total. The molecular weight excluding hydrogens is 318 g/mol. The first-order chi connectivity index (χ1) is 9.10. The fourth-order valence-electron chi connectivity index (χ4n) is 1.70. The minimum Gasteiger partial charge on any atom is -0.192 e. The molecule has 0 aliphatic carbocycles. The van der Waals surface area contributed by atoms with Crippen LogP contribution in [0, 0.1) is 11.3 Å². The van der Waals surface area contributed by atoms with E-state index < -0.39 is 0 Å². The summed E-state index contributed by atoms with van der Waals surface area (Å²) in [6.45, 7) is 4.39. The molecule has 0 amide bonds. The van der Waals surface area contributed by atoms with E-state index in [0.717, 1.165) is 9.37 Å². The zero-order chi connectivity index (χ0) is 13.8. The predicted octanol–water partition coefficient (Wildman–Crippen LogP) is 5.60. The molecular formula is C16H14BrNS. The molecule has 0 heterocycles. The molecule has 0 N–H and O–H groups in total. The lowest BCUT2D eigenvalue weighted by Crippen LogP contribution is -1.86. The summed E-state index contributed by atoms with van der Waals surface area (Å²) in [5.74, 6) is 0.556. The predicted molar refractivity (Wildman–Crippen MR) is 83.5 cm³/mol. The molecule has 3 heteroatoms. The lowest BCUT2D eigenvalue weighted by atomic mass is 10.0. The molecule has 96 valence electrons. The Kier molecular flexibility index (Phi) is 4.68. The second-order valence-electron chi connectivity index (χ2n) is 4.58. The van der Waals surface area contributed by atoms with E-state index in [1.165, 1.54) is 10.5 Å². The number of nitrogens with zero attached hydrogens (tertiary/aromatic N) is 1. The van der Waals surface area contributed by atoms with Gasteiger partial charge in [0.25, 0.3) is 0 Å².